The molecular weight excluding hydrogens is 927 g/mol. The molecule has 1 amide bonds. The molecule has 400 valence electrons. The van der Waals surface area contributed by atoms with Crippen LogP contribution in [0.4, 0.5) is 4.79 Å². The molecular formula is C54H87N5O11S. The Morgan fingerprint density at radius 3 is 1.51 bits per heavy atom. The van der Waals surface area contributed by atoms with Gasteiger partial charge in [0.05, 0.1) is 12.1 Å². The van der Waals surface area contributed by atoms with E-state index in [1.54, 1.807) is 41.5 Å². The molecule has 0 saturated heterocycles. The highest BCUT2D eigenvalue weighted by molar-refractivity contribution is 7.80. The van der Waals surface area contributed by atoms with Crippen LogP contribution in [0.2, 0.25) is 0 Å². The number of esters is 4. The third-order valence-corrected chi connectivity index (χ3v) is 9.62. The van der Waals surface area contributed by atoms with Crippen LogP contribution in [0.3, 0.4) is 0 Å². The molecule has 1 rings (SSSR count). The predicted octanol–water partition coefficient (Wildman–Crippen LogP) is 12.0. The summed E-state index contributed by atoms with van der Waals surface area (Å²) in [5.74, 6) is 0.431. The minimum Gasteiger partial charge on any atom is -0.490 e. The molecule has 0 spiro atoms. The molecule has 1 aromatic carbocycles. The van der Waals surface area contributed by atoms with Gasteiger partial charge in [0.15, 0.2) is 11.1 Å². The highest BCUT2D eigenvalue weighted by Crippen LogP contribution is 2.27. The number of unbranched alkanes of at least 4 members (excludes halogenated alkanes) is 7. The van der Waals surface area contributed by atoms with Crippen LogP contribution in [0.15, 0.2) is 77.0 Å². The van der Waals surface area contributed by atoms with Crippen molar-refractivity contribution in [1.82, 2.24) is 5.32 Å². The summed E-state index contributed by atoms with van der Waals surface area (Å²) in [5.41, 5.74) is -0.865. The summed E-state index contributed by atoms with van der Waals surface area (Å²) < 4.78 is 29.9. The van der Waals surface area contributed by atoms with Crippen molar-refractivity contribution < 1.29 is 52.4 Å². The average molecular weight is 1010 g/mol. The van der Waals surface area contributed by atoms with Crippen molar-refractivity contribution in [2.45, 2.75) is 164 Å². The van der Waals surface area contributed by atoms with Gasteiger partial charge in [0, 0.05) is 29.7 Å². The van der Waals surface area contributed by atoms with E-state index in [0.29, 0.717) is 43.1 Å². The first-order valence-corrected chi connectivity index (χ1v) is 25.0. The van der Waals surface area contributed by atoms with Crippen molar-refractivity contribution in [2.24, 2.45) is 21.6 Å². The highest BCUT2D eigenvalue weighted by Gasteiger charge is 2.23. The van der Waals surface area contributed by atoms with Crippen molar-refractivity contribution in [1.29, 1.82) is 10.5 Å². The number of nitrogens with one attached hydrogen (secondary N) is 1. The van der Waals surface area contributed by atoms with E-state index in [1.807, 2.05) is 56.3 Å². The van der Waals surface area contributed by atoms with E-state index >= 15 is 0 Å². The summed E-state index contributed by atoms with van der Waals surface area (Å²) in [6.45, 7) is 31.1. The fourth-order valence-electron chi connectivity index (χ4n) is 5.43. The Balaban J connectivity index is -0.000000995. The van der Waals surface area contributed by atoms with E-state index in [1.165, 1.54) is 58.3 Å². The summed E-state index contributed by atoms with van der Waals surface area (Å²) in [4.78, 5) is 57.0. The fourth-order valence-corrected chi connectivity index (χ4v) is 5.65. The first-order chi connectivity index (χ1) is 33.3. The zero-order valence-corrected chi connectivity index (χ0v) is 45.8. The van der Waals surface area contributed by atoms with Gasteiger partial charge in [0.1, 0.15) is 45.4 Å². The molecule has 0 aromatic heterocycles. The van der Waals surface area contributed by atoms with Crippen molar-refractivity contribution in [3.63, 3.8) is 0 Å². The van der Waals surface area contributed by atoms with Crippen LogP contribution in [0.25, 0.3) is 0 Å². The number of alkyl carbamates (subject to hydrolysis) is 1. The van der Waals surface area contributed by atoms with E-state index in [2.05, 4.69) is 61.8 Å². The summed E-state index contributed by atoms with van der Waals surface area (Å²) >= 11 is 4.18. The van der Waals surface area contributed by atoms with Crippen LogP contribution in [0, 0.1) is 34.0 Å². The maximum Gasteiger partial charge on any atom is 0.407 e. The topological polar surface area (TPSA) is 225 Å². The number of thiol groups is 1. The Bertz CT molecular complexity index is 1800. The third-order valence-electron chi connectivity index (χ3n) is 9.30. The van der Waals surface area contributed by atoms with E-state index in [0.717, 1.165) is 24.3 Å². The minimum absolute atomic E-state index is 0.0110. The molecule has 0 bridgehead atoms. The van der Waals surface area contributed by atoms with Gasteiger partial charge in [0.2, 0.25) is 0 Å². The largest absolute Gasteiger partial charge is 0.490 e. The zero-order valence-electron chi connectivity index (χ0n) is 45.0. The molecule has 17 heteroatoms. The van der Waals surface area contributed by atoms with Crippen LogP contribution in [-0.4, -0.2) is 93.0 Å². The lowest BCUT2D eigenvalue weighted by Crippen LogP contribution is -2.35. The second-order valence-electron chi connectivity index (χ2n) is 18.7. The Hall–Kier alpha value is -5.68. The summed E-state index contributed by atoms with van der Waals surface area (Å²) in [6, 6.07) is 13.3. The van der Waals surface area contributed by atoms with E-state index in [-0.39, 0.29) is 56.0 Å². The molecule has 0 aliphatic rings. The molecule has 1 unspecified atom stereocenters. The van der Waals surface area contributed by atoms with Gasteiger partial charge < -0.3 is 33.7 Å². The lowest BCUT2D eigenvalue weighted by Gasteiger charge is -2.28. The lowest BCUT2D eigenvalue weighted by molar-refractivity contribution is -0.150. The molecule has 0 fully saturated rings. The van der Waals surface area contributed by atoms with Crippen LogP contribution >= 0.6 is 12.6 Å². The monoisotopic (exact) mass is 1010 g/mol. The van der Waals surface area contributed by atoms with Crippen LogP contribution in [0.1, 0.15) is 153 Å². The zero-order chi connectivity index (χ0) is 54.7. The van der Waals surface area contributed by atoms with E-state index in [9.17, 15) is 24.0 Å². The number of carbonyl (C=O) groups is 5. The fraction of sp³-hybridized carbons (Fsp3) is 0.648. The van der Waals surface area contributed by atoms with Crippen LogP contribution in [0.5, 0.6) is 5.75 Å². The predicted molar refractivity (Wildman–Crippen MR) is 282 cm³/mol. The first kappa shape index (κ1) is 69.6. The molecule has 0 aliphatic heterocycles. The van der Waals surface area contributed by atoms with Gasteiger partial charge >= 0.3 is 30.0 Å². The number of ether oxygens (including phenoxy) is 6. The van der Waals surface area contributed by atoms with Crippen molar-refractivity contribution in [3.05, 3.63) is 66.8 Å². The highest BCUT2D eigenvalue weighted by atomic mass is 32.1. The van der Waals surface area contributed by atoms with Gasteiger partial charge in [-0.15, -0.1) is 0 Å². The number of hydrogen-bond donors (Lipinski definition) is 2. The third kappa shape index (κ3) is 46.5. The molecule has 1 atom stereocenters. The summed E-state index contributed by atoms with van der Waals surface area (Å²) in [7, 11) is 0. The number of benzene rings is 1. The molecule has 16 nitrogen and oxygen atoms in total. The normalized spacial score (nSPS) is 11.1. The quantitative estimate of drug-likeness (QED) is 0.0176. The maximum absolute atomic E-state index is 11.8. The second kappa shape index (κ2) is 42.0. The van der Waals surface area contributed by atoms with Gasteiger partial charge in [-0.2, -0.15) is 33.4 Å². The number of nitrogens with zero attached hydrogens (tertiary/aromatic N) is 4. The van der Waals surface area contributed by atoms with Crippen molar-refractivity contribution in [3.8, 4) is 17.9 Å². The molecule has 1 N–H and O–H groups in total. The number of nitriles is 2. The molecule has 0 radical (unpaired) electrons. The SMILES string of the molecule is C=C(C)C(=O)OCCOC(=O)CCCC(C)CC(C)(C)CNC(=O)OCCOC(=O)C(=C)C.C=C(C)C(=O)OCCOc1ccccc1.CC(C)(C#N)N=NC(C)(C)C#N.CCCCCCCCCCS. The molecule has 0 saturated carbocycles. The van der Waals surface area contributed by atoms with Gasteiger partial charge in [0.25, 0.3) is 0 Å². The molecule has 0 heterocycles. The van der Waals surface area contributed by atoms with Crippen molar-refractivity contribution >= 4 is 42.6 Å². The van der Waals surface area contributed by atoms with Crippen LogP contribution < -0.4 is 10.1 Å². The molecule has 71 heavy (non-hydrogen) atoms. The Labute approximate surface area is 431 Å². The van der Waals surface area contributed by atoms with E-state index < -0.39 is 29.1 Å². The molecule has 0 aliphatic carbocycles. The van der Waals surface area contributed by atoms with Gasteiger partial charge in [-0.3, -0.25) is 4.79 Å². The second-order valence-corrected chi connectivity index (χ2v) is 19.2. The number of carbonyl (C=O) groups excluding carboxylic acids is 5. The minimum atomic E-state index is -0.839. The van der Waals surface area contributed by atoms with Gasteiger partial charge in [-0.05, 0) is 96.9 Å². The number of amides is 1. The Morgan fingerprint density at radius 1 is 0.648 bits per heavy atom. The summed E-state index contributed by atoms with van der Waals surface area (Å²) in [6.07, 6.45) is 13.3. The lowest BCUT2D eigenvalue weighted by atomic mass is 9.81. The smallest absolute Gasteiger partial charge is 0.407 e. The van der Waals surface area contributed by atoms with Gasteiger partial charge in [-0.25, -0.2) is 19.2 Å². The number of rotatable bonds is 31. The van der Waals surface area contributed by atoms with Crippen molar-refractivity contribution in [2.75, 3.05) is 51.9 Å². The molecule has 1 aromatic rings. The summed E-state index contributed by atoms with van der Waals surface area (Å²) in [5, 5.41) is 27.4. The number of para-hydroxylation sites is 1. The number of azo groups is 1. The average Bonchev–Trinajstić information content (AvgIpc) is 3.32. The van der Waals surface area contributed by atoms with E-state index in [4.69, 9.17) is 38.9 Å². The Kier molecular flexibility index (Phi) is 41.2. The first-order valence-electron chi connectivity index (χ1n) is 24.4. The maximum atomic E-state index is 11.8. The number of hydrogen-bond acceptors (Lipinski definition) is 16. The Morgan fingerprint density at radius 2 is 1.07 bits per heavy atom. The van der Waals surface area contributed by atoms with Crippen LogP contribution in [-0.2, 0) is 42.9 Å². The van der Waals surface area contributed by atoms with Gasteiger partial charge in [-0.1, -0.05) is 117 Å². The standard InChI is InChI=1S/C24H39NO8.C12H14O3.C10H22S.C8H12N4/c1-17(2)21(27)31-12-11-30-20(26)10-8-9-19(5)15-24(6,7)16-25-23(29)33-14-13-32-22(28)18(3)4;1-10(2)12(13)15-9-8-14-11-6-4-3-5-7-11;1-2-3-4-5-6-7-8-9-10-11;1-7(2,5-9)11-12-8(3,4)6-10/h19H,1,3,8-16H2,2,4-7H3,(H,25,29);3-7H,1,8-9H2,2H3;11H,2-10H2,1H3;1-4H3.